The number of halogens is 3. The molecular weight excluding hydrogens is 195 g/mol. The monoisotopic (exact) mass is 207 g/mol. The Morgan fingerprint density at radius 1 is 1.57 bits per heavy atom. The first-order valence-corrected chi connectivity index (χ1v) is 4.39. The highest BCUT2D eigenvalue weighted by Crippen LogP contribution is 2.28. The average molecular weight is 207 g/mol. The van der Waals surface area contributed by atoms with Gasteiger partial charge in [-0.05, 0) is 6.42 Å². The second kappa shape index (κ2) is 4.15. The van der Waals surface area contributed by atoms with Crippen LogP contribution in [0.5, 0.6) is 0 Å². The highest BCUT2D eigenvalue weighted by molar-refractivity contribution is 4.94. The van der Waals surface area contributed by atoms with Crippen LogP contribution in [0.15, 0.2) is 0 Å². The van der Waals surface area contributed by atoms with Crippen molar-refractivity contribution in [3.63, 3.8) is 0 Å². The molecule has 80 valence electrons. The lowest BCUT2D eigenvalue weighted by atomic mass is 10.1. The maximum Gasteiger partial charge on any atom is 0.405 e. The first-order chi connectivity index (χ1) is 6.49. The summed E-state index contributed by atoms with van der Waals surface area (Å²) in [5, 5.41) is 8.55. The van der Waals surface area contributed by atoms with Gasteiger partial charge in [-0.2, -0.15) is 18.4 Å². The number of hydrogen-bond donors (Lipinski definition) is 1. The summed E-state index contributed by atoms with van der Waals surface area (Å²) < 4.78 is 37.2. The van der Waals surface area contributed by atoms with Crippen LogP contribution in [0.2, 0.25) is 0 Å². The minimum Gasteiger partial charge on any atom is -0.329 e. The van der Waals surface area contributed by atoms with Crippen molar-refractivity contribution < 1.29 is 13.2 Å². The van der Waals surface area contributed by atoms with E-state index in [1.165, 1.54) is 4.90 Å². The van der Waals surface area contributed by atoms with Crippen molar-refractivity contribution in [3.05, 3.63) is 0 Å². The molecule has 0 bridgehead atoms. The van der Waals surface area contributed by atoms with Gasteiger partial charge in [-0.1, -0.05) is 0 Å². The van der Waals surface area contributed by atoms with Crippen LogP contribution >= 0.6 is 0 Å². The smallest absolute Gasteiger partial charge is 0.329 e. The molecule has 6 heteroatoms. The van der Waals surface area contributed by atoms with Crippen LogP contribution in [-0.2, 0) is 0 Å². The van der Waals surface area contributed by atoms with E-state index in [0.29, 0.717) is 13.0 Å². The zero-order valence-electron chi connectivity index (χ0n) is 7.59. The van der Waals surface area contributed by atoms with Gasteiger partial charge in [-0.25, -0.2) is 0 Å². The van der Waals surface area contributed by atoms with Crippen LogP contribution in [0, 0.1) is 17.2 Å². The van der Waals surface area contributed by atoms with E-state index in [0.717, 1.165) is 0 Å². The zero-order chi connectivity index (χ0) is 10.8. The number of nitrogens with two attached hydrogens (primary N) is 1. The van der Waals surface area contributed by atoms with Gasteiger partial charge in [0.05, 0.1) is 12.0 Å². The quantitative estimate of drug-likeness (QED) is 0.726. The van der Waals surface area contributed by atoms with Crippen molar-refractivity contribution in [3.8, 4) is 6.07 Å². The molecule has 2 N–H and O–H groups in total. The molecule has 0 aromatic carbocycles. The van der Waals surface area contributed by atoms with Crippen LogP contribution in [0.3, 0.4) is 0 Å². The second-order valence-electron chi connectivity index (χ2n) is 3.40. The molecule has 0 aliphatic carbocycles. The van der Waals surface area contributed by atoms with Gasteiger partial charge in [0.1, 0.15) is 6.04 Å². The van der Waals surface area contributed by atoms with E-state index in [-0.39, 0.29) is 12.5 Å². The van der Waals surface area contributed by atoms with Crippen LogP contribution in [0.4, 0.5) is 13.2 Å². The third-order valence-electron chi connectivity index (χ3n) is 2.44. The van der Waals surface area contributed by atoms with Crippen LogP contribution < -0.4 is 5.73 Å². The Labute approximate surface area is 80.3 Å². The molecule has 1 heterocycles. The summed E-state index contributed by atoms with van der Waals surface area (Å²) in [6.45, 7) is 0.0408. The van der Waals surface area contributed by atoms with E-state index in [1.54, 1.807) is 0 Å². The van der Waals surface area contributed by atoms with Crippen LogP contribution in [-0.4, -0.2) is 36.8 Å². The standard InChI is InChI=1S/C8H12F3N3/c9-8(10,11)7(4-13)14-2-1-6(3-12)5-14/h6-7H,1-2,4-5,13H2. The van der Waals surface area contributed by atoms with Gasteiger partial charge in [0, 0.05) is 19.6 Å². The summed E-state index contributed by atoms with van der Waals surface area (Å²) in [6.07, 6.45) is -3.79. The Bertz CT molecular complexity index is 233. The van der Waals surface area contributed by atoms with Crippen LogP contribution in [0.1, 0.15) is 6.42 Å². The van der Waals surface area contributed by atoms with Gasteiger partial charge < -0.3 is 5.73 Å². The molecule has 0 radical (unpaired) electrons. The molecule has 0 amide bonds. The minimum atomic E-state index is -4.29. The van der Waals surface area contributed by atoms with E-state index in [9.17, 15) is 13.2 Å². The van der Waals surface area contributed by atoms with Crippen LogP contribution in [0.25, 0.3) is 0 Å². The molecular formula is C8H12F3N3. The molecule has 0 saturated carbocycles. The summed E-state index contributed by atoms with van der Waals surface area (Å²) in [7, 11) is 0. The summed E-state index contributed by atoms with van der Waals surface area (Å²) in [5.74, 6) is -0.286. The summed E-state index contributed by atoms with van der Waals surface area (Å²) in [6, 6.07) is 0.378. The van der Waals surface area contributed by atoms with Gasteiger partial charge >= 0.3 is 6.18 Å². The predicted octanol–water partition coefficient (Wildman–Crippen LogP) is 0.721. The van der Waals surface area contributed by atoms with Gasteiger partial charge in [0.15, 0.2) is 0 Å². The number of nitrogens with zero attached hydrogens (tertiary/aromatic N) is 2. The largest absolute Gasteiger partial charge is 0.405 e. The molecule has 1 fully saturated rings. The number of rotatable bonds is 2. The van der Waals surface area contributed by atoms with Gasteiger partial charge in [0.25, 0.3) is 0 Å². The highest BCUT2D eigenvalue weighted by Gasteiger charge is 2.44. The molecule has 0 spiro atoms. The number of alkyl halides is 3. The Kier molecular flexibility index (Phi) is 3.34. The van der Waals surface area contributed by atoms with E-state index < -0.39 is 18.8 Å². The molecule has 2 atom stereocenters. The van der Waals surface area contributed by atoms with Crippen molar-refractivity contribution in [1.29, 1.82) is 5.26 Å². The van der Waals surface area contributed by atoms with Crippen molar-refractivity contribution in [2.45, 2.75) is 18.6 Å². The maximum atomic E-state index is 12.4. The fraction of sp³-hybridized carbons (Fsp3) is 0.875. The molecule has 1 rings (SSSR count). The molecule has 1 aliphatic rings. The van der Waals surface area contributed by atoms with E-state index in [1.807, 2.05) is 6.07 Å². The lowest BCUT2D eigenvalue weighted by Crippen LogP contribution is -2.49. The maximum absolute atomic E-state index is 12.4. The third kappa shape index (κ3) is 2.36. The SMILES string of the molecule is N#CC1CCN(C(CN)C(F)(F)F)C1. The van der Waals surface area contributed by atoms with Crippen molar-refractivity contribution in [2.24, 2.45) is 11.7 Å². The molecule has 1 saturated heterocycles. The van der Waals surface area contributed by atoms with Crippen molar-refractivity contribution in [2.75, 3.05) is 19.6 Å². The summed E-state index contributed by atoms with van der Waals surface area (Å²) in [4.78, 5) is 1.24. The fourth-order valence-electron chi connectivity index (χ4n) is 1.67. The first-order valence-electron chi connectivity index (χ1n) is 4.39. The summed E-state index contributed by atoms with van der Waals surface area (Å²) in [5.41, 5.74) is 5.08. The topological polar surface area (TPSA) is 53.0 Å². The number of likely N-dealkylation sites (tertiary alicyclic amines) is 1. The molecule has 0 aromatic rings. The Morgan fingerprint density at radius 2 is 2.21 bits per heavy atom. The Balaban J connectivity index is 2.61. The minimum absolute atomic E-state index is 0.178. The highest BCUT2D eigenvalue weighted by atomic mass is 19.4. The molecule has 2 unspecified atom stereocenters. The summed E-state index contributed by atoms with van der Waals surface area (Å²) >= 11 is 0. The van der Waals surface area contributed by atoms with Gasteiger partial charge in [-0.3, -0.25) is 4.90 Å². The predicted molar refractivity (Wildman–Crippen MR) is 44.2 cm³/mol. The van der Waals surface area contributed by atoms with Crippen molar-refractivity contribution >= 4 is 0 Å². The second-order valence-corrected chi connectivity index (χ2v) is 3.40. The Morgan fingerprint density at radius 3 is 2.57 bits per heavy atom. The zero-order valence-corrected chi connectivity index (χ0v) is 7.59. The molecule has 3 nitrogen and oxygen atoms in total. The lowest BCUT2D eigenvalue weighted by Gasteiger charge is -2.28. The van der Waals surface area contributed by atoms with E-state index in [2.05, 4.69) is 0 Å². The molecule has 0 aromatic heterocycles. The molecule has 14 heavy (non-hydrogen) atoms. The lowest BCUT2D eigenvalue weighted by molar-refractivity contribution is -0.178. The number of nitriles is 1. The van der Waals surface area contributed by atoms with Gasteiger partial charge in [-0.15, -0.1) is 0 Å². The fourth-order valence-corrected chi connectivity index (χ4v) is 1.67. The van der Waals surface area contributed by atoms with E-state index in [4.69, 9.17) is 11.0 Å². The van der Waals surface area contributed by atoms with Crippen molar-refractivity contribution in [1.82, 2.24) is 4.90 Å². The van der Waals surface area contributed by atoms with E-state index >= 15 is 0 Å². The first kappa shape index (κ1) is 11.3. The Hall–Kier alpha value is -0.800. The average Bonchev–Trinajstić information content (AvgIpc) is 2.51. The molecule has 1 aliphatic heterocycles. The third-order valence-corrected chi connectivity index (χ3v) is 2.44. The van der Waals surface area contributed by atoms with Gasteiger partial charge in [0.2, 0.25) is 0 Å². The normalized spacial score (nSPS) is 26.1. The number of hydrogen-bond acceptors (Lipinski definition) is 3.